The molecule has 0 heterocycles. The van der Waals surface area contributed by atoms with Crippen LogP contribution in [0.1, 0.15) is 21.5 Å². The molecule has 2 rings (SSSR count). The highest BCUT2D eigenvalue weighted by atomic mass is 19.1. The summed E-state index contributed by atoms with van der Waals surface area (Å²) in [7, 11) is 0. The van der Waals surface area contributed by atoms with Crippen LogP contribution < -0.4 is 11.1 Å². The van der Waals surface area contributed by atoms with Crippen LogP contribution in [0, 0.1) is 19.7 Å². The normalized spacial score (nSPS) is 10.3. The Balaban J connectivity index is 2.28. The molecule has 3 nitrogen and oxygen atoms in total. The van der Waals surface area contributed by atoms with Crippen LogP contribution >= 0.6 is 0 Å². The lowest BCUT2D eigenvalue weighted by molar-refractivity contribution is 0.102. The number of hydrogen-bond acceptors (Lipinski definition) is 2. The van der Waals surface area contributed by atoms with Gasteiger partial charge in [0.2, 0.25) is 0 Å². The monoisotopic (exact) mass is 258 g/mol. The van der Waals surface area contributed by atoms with E-state index in [0.717, 1.165) is 5.56 Å². The third kappa shape index (κ3) is 2.91. The number of nitrogens with one attached hydrogen (secondary N) is 1. The van der Waals surface area contributed by atoms with Crippen molar-refractivity contribution in [1.29, 1.82) is 0 Å². The minimum atomic E-state index is -0.422. The fourth-order valence-electron chi connectivity index (χ4n) is 1.85. The van der Waals surface area contributed by atoms with Gasteiger partial charge in [0.15, 0.2) is 0 Å². The smallest absolute Gasteiger partial charge is 0.255 e. The first-order chi connectivity index (χ1) is 8.97. The van der Waals surface area contributed by atoms with Gasteiger partial charge >= 0.3 is 0 Å². The highest BCUT2D eigenvalue weighted by molar-refractivity contribution is 6.05. The first-order valence-electron chi connectivity index (χ1n) is 5.91. The molecular weight excluding hydrogens is 243 g/mol. The van der Waals surface area contributed by atoms with E-state index >= 15 is 0 Å². The van der Waals surface area contributed by atoms with Crippen LogP contribution in [0.25, 0.3) is 0 Å². The second-order valence-electron chi connectivity index (χ2n) is 4.49. The first kappa shape index (κ1) is 13.1. The summed E-state index contributed by atoms with van der Waals surface area (Å²) >= 11 is 0. The Morgan fingerprint density at radius 3 is 2.63 bits per heavy atom. The summed E-state index contributed by atoms with van der Waals surface area (Å²) in [4.78, 5) is 12.1. The summed E-state index contributed by atoms with van der Waals surface area (Å²) < 4.78 is 13.3. The number of nitrogens with two attached hydrogens (primary N) is 1. The van der Waals surface area contributed by atoms with Crippen molar-refractivity contribution in [2.24, 2.45) is 0 Å². The first-order valence-corrected chi connectivity index (χ1v) is 5.91. The minimum absolute atomic E-state index is 0.291. The molecule has 4 heteroatoms. The fraction of sp³-hybridized carbons (Fsp3) is 0.133. The van der Waals surface area contributed by atoms with Crippen molar-refractivity contribution in [3.8, 4) is 0 Å². The molecule has 0 saturated heterocycles. The number of rotatable bonds is 2. The molecule has 98 valence electrons. The molecule has 0 atom stereocenters. The van der Waals surface area contributed by atoms with E-state index in [1.807, 2.05) is 6.92 Å². The van der Waals surface area contributed by atoms with Gasteiger partial charge in [-0.3, -0.25) is 4.79 Å². The minimum Gasteiger partial charge on any atom is -0.398 e. The number of benzene rings is 2. The maximum atomic E-state index is 13.3. The Bertz CT molecular complexity index is 618. The standard InChI is InChI=1S/C15H15FN2O/c1-9-6-11(8-12(16)7-9)15(19)18-14-5-3-4-13(17)10(14)2/h3-8H,17H2,1-2H3,(H,18,19). The van der Waals surface area contributed by atoms with Gasteiger partial charge in [-0.1, -0.05) is 6.07 Å². The largest absolute Gasteiger partial charge is 0.398 e. The van der Waals surface area contributed by atoms with Crippen LogP contribution in [-0.2, 0) is 0 Å². The number of carbonyl (C=O) groups is 1. The second kappa shape index (κ2) is 5.10. The number of halogens is 1. The van der Waals surface area contributed by atoms with E-state index in [2.05, 4.69) is 5.32 Å². The Labute approximate surface area is 111 Å². The van der Waals surface area contributed by atoms with E-state index in [-0.39, 0.29) is 5.91 Å². The molecule has 0 bridgehead atoms. The molecule has 2 aromatic carbocycles. The summed E-state index contributed by atoms with van der Waals surface area (Å²) in [6, 6.07) is 9.51. The van der Waals surface area contributed by atoms with Crippen LogP contribution in [0.15, 0.2) is 36.4 Å². The van der Waals surface area contributed by atoms with Crippen molar-refractivity contribution < 1.29 is 9.18 Å². The summed E-state index contributed by atoms with van der Waals surface area (Å²) in [6.45, 7) is 3.56. The zero-order valence-electron chi connectivity index (χ0n) is 10.8. The molecule has 0 radical (unpaired) electrons. The lowest BCUT2D eigenvalue weighted by Gasteiger charge is -2.10. The van der Waals surface area contributed by atoms with Gasteiger partial charge in [-0.05, 0) is 55.3 Å². The average molecular weight is 258 g/mol. The van der Waals surface area contributed by atoms with Crippen molar-refractivity contribution in [2.75, 3.05) is 11.1 Å². The molecule has 0 unspecified atom stereocenters. The van der Waals surface area contributed by atoms with E-state index in [1.54, 1.807) is 31.2 Å². The highest BCUT2D eigenvalue weighted by Crippen LogP contribution is 2.21. The Kier molecular flexibility index (Phi) is 3.51. The number of anilines is 2. The highest BCUT2D eigenvalue weighted by Gasteiger charge is 2.10. The van der Waals surface area contributed by atoms with Crippen LogP contribution in [0.4, 0.5) is 15.8 Å². The Hall–Kier alpha value is -2.36. The van der Waals surface area contributed by atoms with Gasteiger partial charge in [-0.15, -0.1) is 0 Å². The number of carbonyl (C=O) groups excluding carboxylic acids is 1. The van der Waals surface area contributed by atoms with Crippen LogP contribution in [0.5, 0.6) is 0 Å². The maximum Gasteiger partial charge on any atom is 0.255 e. The summed E-state index contributed by atoms with van der Waals surface area (Å²) in [5.74, 6) is -0.772. The number of aryl methyl sites for hydroxylation is 1. The molecule has 0 aliphatic carbocycles. The molecule has 19 heavy (non-hydrogen) atoms. The lowest BCUT2D eigenvalue weighted by Crippen LogP contribution is -2.13. The van der Waals surface area contributed by atoms with Crippen LogP contribution in [0.3, 0.4) is 0 Å². The molecule has 0 fully saturated rings. The lowest BCUT2D eigenvalue weighted by atomic mass is 10.1. The van der Waals surface area contributed by atoms with Crippen molar-refractivity contribution in [2.45, 2.75) is 13.8 Å². The van der Waals surface area contributed by atoms with E-state index in [1.165, 1.54) is 12.1 Å². The van der Waals surface area contributed by atoms with Gasteiger partial charge in [0.1, 0.15) is 5.82 Å². The third-order valence-electron chi connectivity index (χ3n) is 2.93. The van der Waals surface area contributed by atoms with Gasteiger partial charge in [-0.2, -0.15) is 0 Å². The van der Waals surface area contributed by atoms with Gasteiger partial charge in [0.25, 0.3) is 5.91 Å². The van der Waals surface area contributed by atoms with Crippen molar-refractivity contribution in [3.63, 3.8) is 0 Å². The summed E-state index contributed by atoms with van der Waals surface area (Å²) in [6.07, 6.45) is 0. The summed E-state index contributed by atoms with van der Waals surface area (Å²) in [5, 5.41) is 2.74. The molecule has 2 aromatic rings. The molecule has 1 amide bonds. The van der Waals surface area contributed by atoms with Crippen molar-refractivity contribution in [1.82, 2.24) is 0 Å². The van der Waals surface area contributed by atoms with Gasteiger partial charge in [0.05, 0.1) is 0 Å². The Morgan fingerprint density at radius 2 is 1.95 bits per heavy atom. The van der Waals surface area contributed by atoms with Crippen LogP contribution in [0.2, 0.25) is 0 Å². The fourth-order valence-corrected chi connectivity index (χ4v) is 1.85. The third-order valence-corrected chi connectivity index (χ3v) is 2.93. The van der Waals surface area contributed by atoms with Gasteiger partial charge in [0, 0.05) is 16.9 Å². The number of hydrogen-bond donors (Lipinski definition) is 2. The maximum absolute atomic E-state index is 13.3. The zero-order chi connectivity index (χ0) is 14.0. The molecule has 0 saturated carbocycles. The van der Waals surface area contributed by atoms with Crippen molar-refractivity contribution in [3.05, 3.63) is 58.9 Å². The zero-order valence-corrected chi connectivity index (χ0v) is 10.8. The molecule has 0 spiro atoms. The van der Waals surface area contributed by atoms with E-state index in [4.69, 9.17) is 5.73 Å². The molecule has 0 aliphatic heterocycles. The van der Waals surface area contributed by atoms with Gasteiger partial charge in [-0.25, -0.2) is 4.39 Å². The van der Waals surface area contributed by atoms with Crippen LogP contribution in [-0.4, -0.2) is 5.91 Å². The molecule has 0 aromatic heterocycles. The second-order valence-corrected chi connectivity index (χ2v) is 4.49. The molecular formula is C15H15FN2O. The van der Waals surface area contributed by atoms with E-state index in [0.29, 0.717) is 22.5 Å². The van der Waals surface area contributed by atoms with E-state index in [9.17, 15) is 9.18 Å². The Morgan fingerprint density at radius 1 is 1.21 bits per heavy atom. The number of amides is 1. The predicted molar refractivity (Wildman–Crippen MR) is 74.7 cm³/mol. The number of nitrogen functional groups attached to an aromatic ring is 1. The predicted octanol–water partition coefficient (Wildman–Crippen LogP) is 3.28. The van der Waals surface area contributed by atoms with Crippen molar-refractivity contribution >= 4 is 17.3 Å². The summed E-state index contributed by atoms with van der Waals surface area (Å²) in [5.41, 5.74) is 8.80. The quantitative estimate of drug-likeness (QED) is 0.812. The van der Waals surface area contributed by atoms with Gasteiger partial charge < -0.3 is 11.1 Å². The van der Waals surface area contributed by atoms with E-state index < -0.39 is 5.82 Å². The average Bonchev–Trinajstić information content (AvgIpc) is 2.33. The molecule has 0 aliphatic rings. The molecule has 3 N–H and O–H groups in total. The SMILES string of the molecule is Cc1cc(F)cc(C(=O)Nc2cccc(N)c2C)c1. The topological polar surface area (TPSA) is 55.1 Å².